The van der Waals surface area contributed by atoms with Crippen LogP contribution in [-0.2, 0) is 38.8 Å². The molecule has 1 aliphatic heterocycles. The molecule has 0 saturated heterocycles. The number of anilines is 1. The van der Waals surface area contributed by atoms with Gasteiger partial charge in [0.05, 0.1) is 22.8 Å². The fourth-order valence-corrected chi connectivity index (χ4v) is 6.78. The molecule has 0 bridgehead atoms. The Morgan fingerprint density at radius 3 is 2.38 bits per heavy atom. The van der Waals surface area contributed by atoms with E-state index in [1.54, 1.807) is 48.5 Å². The molecule has 0 aliphatic carbocycles. The molecule has 0 radical (unpaired) electrons. The Kier molecular flexibility index (Phi) is 9.14. The number of carbonyl (C=O) groups is 2. The van der Waals surface area contributed by atoms with E-state index in [0.717, 1.165) is 16.4 Å². The molecular formula is C33H29F3N2O6S. The zero-order valence-corrected chi connectivity index (χ0v) is 24.6. The number of aliphatic carboxylic acids is 1. The fourth-order valence-electron chi connectivity index (χ4n) is 5.13. The van der Waals surface area contributed by atoms with Crippen molar-refractivity contribution in [3.63, 3.8) is 0 Å². The number of ether oxygens (including phenoxy) is 1. The SMILES string of the molecule is O=C(O)CCCOc1cccc(CNC(=O)[C@@H]2Cc3ccccc3N2S(=O)(=O)c2ccc(-c3cccc(C(F)(F)F)c3)cc2)c1. The van der Waals surface area contributed by atoms with Crippen LogP contribution in [0.2, 0.25) is 0 Å². The maximum atomic E-state index is 14.0. The summed E-state index contributed by atoms with van der Waals surface area (Å²) >= 11 is 0. The minimum Gasteiger partial charge on any atom is -0.494 e. The number of nitrogens with one attached hydrogen (secondary N) is 1. The van der Waals surface area contributed by atoms with Gasteiger partial charge in [-0.1, -0.05) is 54.6 Å². The monoisotopic (exact) mass is 638 g/mol. The lowest BCUT2D eigenvalue weighted by Gasteiger charge is -2.26. The Morgan fingerprint density at radius 1 is 0.911 bits per heavy atom. The normalized spacial score (nSPS) is 14.6. The molecule has 45 heavy (non-hydrogen) atoms. The number of sulfonamides is 1. The lowest BCUT2D eigenvalue weighted by Crippen LogP contribution is -2.47. The van der Waals surface area contributed by atoms with E-state index in [2.05, 4.69) is 5.32 Å². The Morgan fingerprint density at radius 2 is 1.64 bits per heavy atom. The van der Waals surface area contributed by atoms with E-state index in [0.29, 0.717) is 34.5 Å². The van der Waals surface area contributed by atoms with Crippen molar-refractivity contribution >= 4 is 27.6 Å². The summed E-state index contributed by atoms with van der Waals surface area (Å²) in [7, 11) is -4.25. The molecule has 1 amide bonds. The second kappa shape index (κ2) is 13.0. The highest BCUT2D eigenvalue weighted by Gasteiger charge is 2.42. The van der Waals surface area contributed by atoms with Crippen molar-refractivity contribution in [2.24, 2.45) is 0 Å². The molecule has 0 aromatic heterocycles. The van der Waals surface area contributed by atoms with Gasteiger partial charge in [-0.2, -0.15) is 13.2 Å². The molecule has 0 saturated carbocycles. The van der Waals surface area contributed by atoms with Crippen LogP contribution in [0, 0.1) is 0 Å². The summed E-state index contributed by atoms with van der Waals surface area (Å²) in [5.41, 5.74) is 1.63. The molecule has 0 spiro atoms. The third-order valence-electron chi connectivity index (χ3n) is 7.33. The van der Waals surface area contributed by atoms with Crippen LogP contribution < -0.4 is 14.4 Å². The molecule has 4 aromatic rings. The van der Waals surface area contributed by atoms with Crippen LogP contribution in [0.15, 0.2) is 102 Å². The van der Waals surface area contributed by atoms with Crippen LogP contribution in [0.25, 0.3) is 11.1 Å². The molecule has 5 rings (SSSR count). The number of hydrogen-bond acceptors (Lipinski definition) is 5. The number of carbonyl (C=O) groups excluding carboxylic acids is 1. The average Bonchev–Trinajstić information content (AvgIpc) is 3.43. The van der Waals surface area contributed by atoms with E-state index in [1.807, 2.05) is 0 Å². The number of carboxylic acids is 1. The van der Waals surface area contributed by atoms with Gasteiger partial charge in [-0.15, -0.1) is 0 Å². The van der Waals surface area contributed by atoms with E-state index in [4.69, 9.17) is 9.84 Å². The molecule has 1 heterocycles. The topological polar surface area (TPSA) is 113 Å². The van der Waals surface area contributed by atoms with Crippen LogP contribution in [0.5, 0.6) is 5.75 Å². The summed E-state index contributed by atoms with van der Waals surface area (Å²) in [5.74, 6) is -0.909. The first kappa shape index (κ1) is 31.6. The second-order valence-electron chi connectivity index (χ2n) is 10.5. The predicted molar refractivity (Wildman–Crippen MR) is 161 cm³/mol. The zero-order chi connectivity index (χ0) is 32.2. The first-order chi connectivity index (χ1) is 21.4. The number of carboxylic acid groups (broad SMARTS) is 1. The first-order valence-electron chi connectivity index (χ1n) is 14.0. The first-order valence-corrected chi connectivity index (χ1v) is 15.5. The highest BCUT2D eigenvalue weighted by Crippen LogP contribution is 2.38. The van der Waals surface area contributed by atoms with E-state index < -0.39 is 39.7 Å². The second-order valence-corrected chi connectivity index (χ2v) is 12.3. The molecular weight excluding hydrogens is 609 g/mol. The number of halogens is 3. The minimum atomic E-state index is -4.52. The Hall–Kier alpha value is -4.84. The van der Waals surface area contributed by atoms with Gasteiger partial charge in [0.2, 0.25) is 5.91 Å². The Bertz CT molecular complexity index is 1810. The quantitative estimate of drug-likeness (QED) is 0.194. The lowest BCUT2D eigenvalue weighted by molar-refractivity contribution is -0.138. The molecule has 12 heteroatoms. The van der Waals surface area contributed by atoms with Gasteiger partial charge in [0.1, 0.15) is 11.8 Å². The van der Waals surface area contributed by atoms with Crippen molar-refractivity contribution in [1.82, 2.24) is 5.32 Å². The van der Waals surface area contributed by atoms with Gasteiger partial charge in [0.15, 0.2) is 0 Å². The summed E-state index contributed by atoms with van der Waals surface area (Å²) in [6.07, 6.45) is -4.04. The average molecular weight is 639 g/mol. The fraction of sp³-hybridized carbons (Fsp3) is 0.212. The smallest absolute Gasteiger partial charge is 0.416 e. The summed E-state index contributed by atoms with van der Waals surface area (Å²) in [4.78, 5) is 24.1. The maximum absolute atomic E-state index is 14.0. The summed E-state index contributed by atoms with van der Waals surface area (Å²) < 4.78 is 74.3. The number of para-hydroxylation sites is 1. The summed E-state index contributed by atoms with van der Waals surface area (Å²) in [6.45, 7) is 0.313. The number of alkyl halides is 3. The van der Waals surface area contributed by atoms with Crippen molar-refractivity contribution in [3.05, 3.63) is 114 Å². The van der Waals surface area contributed by atoms with Crippen molar-refractivity contribution < 1.29 is 41.0 Å². The number of rotatable bonds is 11. The number of amides is 1. The number of hydrogen-bond donors (Lipinski definition) is 2. The van der Waals surface area contributed by atoms with Crippen LogP contribution in [0.3, 0.4) is 0 Å². The number of nitrogens with zero attached hydrogens (tertiary/aromatic N) is 1. The standard InChI is InChI=1S/C33H29F3N2O6S/c34-33(35,36)26-9-4-8-24(19-26)23-13-15-28(16-14-23)45(42,43)38-29-11-2-1-7-25(29)20-30(38)32(41)37-21-22-6-3-10-27(18-22)44-17-5-12-31(39)40/h1-4,6-11,13-16,18-19,30H,5,12,17,20-21H2,(H,37,41)(H,39,40)/t30-/m0/s1. The minimum absolute atomic E-state index is 0.0150. The molecule has 4 aromatic carbocycles. The lowest BCUT2D eigenvalue weighted by atomic mass is 10.0. The summed E-state index contributed by atoms with van der Waals surface area (Å²) in [5, 5.41) is 11.6. The van der Waals surface area contributed by atoms with Crippen molar-refractivity contribution in [2.45, 2.75) is 42.9 Å². The highest BCUT2D eigenvalue weighted by atomic mass is 32.2. The van der Waals surface area contributed by atoms with E-state index >= 15 is 0 Å². The van der Waals surface area contributed by atoms with Crippen LogP contribution >= 0.6 is 0 Å². The molecule has 8 nitrogen and oxygen atoms in total. The number of benzene rings is 4. The zero-order valence-electron chi connectivity index (χ0n) is 23.8. The van der Waals surface area contributed by atoms with Gasteiger partial charge in [-0.05, 0) is 71.1 Å². The van der Waals surface area contributed by atoms with Crippen molar-refractivity contribution in [3.8, 4) is 16.9 Å². The number of fused-ring (bicyclic) bond motifs is 1. The van der Waals surface area contributed by atoms with Gasteiger partial charge in [0.25, 0.3) is 10.0 Å². The van der Waals surface area contributed by atoms with Crippen molar-refractivity contribution in [1.29, 1.82) is 0 Å². The Labute approximate surface area is 258 Å². The Balaban J connectivity index is 1.33. The van der Waals surface area contributed by atoms with Gasteiger partial charge in [-0.3, -0.25) is 13.9 Å². The molecule has 1 aliphatic rings. The van der Waals surface area contributed by atoms with Gasteiger partial charge in [-0.25, -0.2) is 8.42 Å². The molecule has 234 valence electrons. The van der Waals surface area contributed by atoms with E-state index in [-0.39, 0.29) is 36.5 Å². The van der Waals surface area contributed by atoms with Crippen molar-refractivity contribution in [2.75, 3.05) is 10.9 Å². The molecule has 0 fully saturated rings. The van der Waals surface area contributed by atoms with Gasteiger partial charge in [0, 0.05) is 19.4 Å². The predicted octanol–water partition coefficient (Wildman–Crippen LogP) is 6.05. The third kappa shape index (κ3) is 7.28. The largest absolute Gasteiger partial charge is 0.494 e. The molecule has 0 unspecified atom stereocenters. The van der Waals surface area contributed by atoms with E-state index in [9.17, 15) is 31.2 Å². The van der Waals surface area contributed by atoms with E-state index in [1.165, 1.54) is 36.4 Å². The molecule has 2 N–H and O–H groups in total. The molecule has 1 atom stereocenters. The van der Waals surface area contributed by atoms with Crippen LogP contribution in [-0.4, -0.2) is 38.0 Å². The third-order valence-corrected chi connectivity index (χ3v) is 9.17. The maximum Gasteiger partial charge on any atom is 0.416 e. The summed E-state index contributed by atoms with van der Waals surface area (Å²) in [6, 6.07) is 23.0. The highest BCUT2D eigenvalue weighted by molar-refractivity contribution is 7.93. The van der Waals surface area contributed by atoms with Crippen LogP contribution in [0.1, 0.15) is 29.5 Å². The van der Waals surface area contributed by atoms with Gasteiger partial charge >= 0.3 is 12.1 Å². The van der Waals surface area contributed by atoms with Gasteiger partial charge < -0.3 is 15.2 Å². The van der Waals surface area contributed by atoms with Crippen LogP contribution in [0.4, 0.5) is 18.9 Å².